The molecule has 0 unspecified atom stereocenters. The number of hydrogen-bond acceptors (Lipinski definition) is 5. The van der Waals surface area contributed by atoms with Crippen LogP contribution in [-0.4, -0.2) is 15.0 Å². The molecule has 0 fully saturated rings. The molecule has 0 radical (unpaired) electrons. The third-order valence-electron chi connectivity index (χ3n) is 13.4. The van der Waals surface area contributed by atoms with E-state index in [1.165, 1.54) is 18.3 Å². The van der Waals surface area contributed by atoms with Gasteiger partial charge in [0.05, 0.1) is 18.6 Å². The summed E-state index contributed by atoms with van der Waals surface area (Å²) in [5.74, 6) is 0. The molecule has 0 atom stereocenters. The number of nitrogens with zero attached hydrogens (tertiary/aromatic N) is 4. The van der Waals surface area contributed by atoms with Gasteiger partial charge in [0.2, 0.25) is 0 Å². The normalized spacial score (nSPS) is 14.1. The Morgan fingerprint density at radius 3 is 1.62 bits per heavy atom. The van der Waals surface area contributed by atoms with E-state index in [1.807, 2.05) is 79.1 Å². The summed E-state index contributed by atoms with van der Waals surface area (Å²) in [5.41, 5.74) is 6.48. The van der Waals surface area contributed by atoms with E-state index in [9.17, 15) is 10.7 Å². The van der Waals surface area contributed by atoms with Crippen molar-refractivity contribution in [3.63, 3.8) is 0 Å². The van der Waals surface area contributed by atoms with Crippen LogP contribution in [0.3, 0.4) is 0 Å². The van der Waals surface area contributed by atoms with E-state index in [2.05, 4.69) is 93.3 Å². The van der Waals surface area contributed by atoms with Crippen molar-refractivity contribution in [3.8, 4) is 39.8 Å². The molecule has 4 aromatic heterocycles. The van der Waals surface area contributed by atoms with Gasteiger partial charge >= 0.3 is 20.1 Å². The average Bonchev–Trinajstić information content (AvgIpc) is 3.89. The summed E-state index contributed by atoms with van der Waals surface area (Å²) in [4.78, 5) is 14.5. The minimum Gasteiger partial charge on any atom is -0.500 e. The first-order valence-electron chi connectivity index (χ1n) is 27.3. The maximum Gasteiger partial charge on any atom is 3.00 e. The Morgan fingerprint density at radius 2 is 1.07 bits per heavy atom. The average molecular weight is 1100 g/mol. The van der Waals surface area contributed by atoms with Crippen LogP contribution in [-0.2, 0) is 56.5 Å². The van der Waals surface area contributed by atoms with Crippen LogP contribution in [0.1, 0.15) is 83.2 Å². The van der Waals surface area contributed by atoms with Crippen molar-refractivity contribution in [2.24, 2.45) is 0 Å². The van der Waals surface area contributed by atoms with Gasteiger partial charge in [-0.1, -0.05) is 159 Å². The molecule has 0 aliphatic heterocycles. The molecule has 4 heterocycles. The number of rotatable bonds is 12. The molecule has 0 saturated carbocycles. The Bertz CT molecular complexity index is 4000. The van der Waals surface area contributed by atoms with Gasteiger partial charge in [0, 0.05) is 39.1 Å². The van der Waals surface area contributed by atoms with Crippen LogP contribution in [0.25, 0.3) is 77.3 Å². The van der Waals surface area contributed by atoms with Crippen molar-refractivity contribution < 1.29 is 35.5 Å². The van der Waals surface area contributed by atoms with E-state index < -0.39 is 30.4 Å². The van der Waals surface area contributed by atoms with Crippen molar-refractivity contribution >= 4 is 43.5 Å². The van der Waals surface area contributed by atoms with Gasteiger partial charge in [-0.15, -0.1) is 76.5 Å². The molecule has 0 N–H and O–H groups in total. The first kappa shape index (κ1) is 38.2. The minimum atomic E-state index is -2.75. The fraction of sp³-hybridized carbons (Fsp3) is 0.169. The molecule has 0 aliphatic carbocycles. The molecular weight excluding hydrogens is 1040 g/mol. The molecule has 0 bridgehead atoms. The van der Waals surface area contributed by atoms with E-state index >= 15 is 0 Å². The van der Waals surface area contributed by atoms with Crippen LogP contribution < -0.4 is 0 Å². The van der Waals surface area contributed by atoms with Gasteiger partial charge in [0.25, 0.3) is 0 Å². The van der Waals surface area contributed by atoms with Crippen LogP contribution >= 0.6 is 0 Å². The molecule has 346 valence electrons. The zero-order valence-corrected chi connectivity index (χ0v) is 41.9. The predicted molar refractivity (Wildman–Crippen MR) is 285 cm³/mol. The van der Waals surface area contributed by atoms with Gasteiger partial charge in [-0.3, -0.25) is 0 Å². The van der Waals surface area contributed by atoms with E-state index in [-0.39, 0.29) is 59.6 Å². The third-order valence-corrected chi connectivity index (χ3v) is 13.4. The molecule has 0 spiro atoms. The number of aryl methyl sites for hydroxylation is 3. The van der Waals surface area contributed by atoms with Gasteiger partial charge < -0.3 is 19.4 Å². The Balaban J connectivity index is 0.00000704. The zero-order valence-electron chi connectivity index (χ0n) is 47.5. The van der Waals surface area contributed by atoms with Crippen molar-refractivity contribution in [1.29, 1.82) is 5.26 Å². The fourth-order valence-electron chi connectivity index (χ4n) is 9.68. The summed E-state index contributed by atoms with van der Waals surface area (Å²) in [5, 5.41) is 15.0. The van der Waals surface area contributed by atoms with Gasteiger partial charge in [-0.05, 0) is 99.8 Å². The maximum absolute atomic E-state index is 9.84. The van der Waals surface area contributed by atoms with E-state index in [0.717, 1.165) is 66.3 Å². The number of fused-ring (bicyclic) bond motifs is 5. The topological polar surface area (TPSA) is 75.6 Å². The largest absolute Gasteiger partial charge is 3.00 e. The van der Waals surface area contributed by atoms with Crippen LogP contribution in [0, 0.1) is 36.4 Å². The van der Waals surface area contributed by atoms with E-state index in [0.29, 0.717) is 34.9 Å². The summed E-state index contributed by atoms with van der Waals surface area (Å²) < 4.78 is 78.0. The zero-order chi connectivity index (χ0) is 54.9. The van der Waals surface area contributed by atoms with Gasteiger partial charge in [0.1, 0.15) is 5.58 Å². The minimum absolute atomic E-state index is 0. The fourth-order valence-corrected chi connectivity index (χ4v) is 9.68. The van der Waals surface area contributed by atoms with E-state index in [1.54, 1.807) is 30.3 Å². The second kappa shape index (κ2) is 19.3. The SMILES string of the molecule is [2H]c1cc2c(oc3c(-c4ccc(C([2H])([2H])C([2H])([2H])c5cc(CC(C)(C)c6ccc(-c7[c-]ccc8ccccc78)nc6)cc(CC(C)(C)c6ccc(-c7[c-]ccc8ccccc78)nc6)c5)cn4)[c-]ccc32)c(C([2H])([2H])[2H])c1C#N.[Ir+3]. The Hall–Kier alpha value is -7.55. The molecule has 11 rings (SSSR count). The first-order valence-corrected chi connectivity index (χ1v) is 23.3. The second-order valence-corrected chi connectivity index (χ2v) is 19.2. The molecule has 7 aromatic carbocycles. The Morgan fingerprint density at radius 1 is 0.563 bits per heavy atom. The number of benzene rings is 7. The predicted octanol–water partition coefficient (Wildman–Crippen LogP) is 15.5. The maximum atomic E-state index is 9.84. The Kier molecular flexibility index (Phi) is 10.4. The summed E-state index contributed by atoms with van der Waals surface area (Å²) in [6.45, 7) is 5.80. The smallest absolute Gasteiger partial charge is 0.500 e. The second-order valence-electron chi connectivity index (χ2n) is 19.2. The van der Waals surface area contributed by atoms with Crippen LogP contribution in [0.5, 0.6) is 0 Å². The molecule has 0 amide bonds. The quantitative estimate of drug-likeness (QED) is 0.114. The molecule has 71 heavy (non-hydrogen) atoms. The van der Waals surface area contributed by atoms with Gasteiger partial charge in [-0.25, -0.2) is 0 Å². The van der Waals surface area contributed by atoms with Crippen LogP contribution in [0.15, 0.2) is 175 Å². The van der Waals surface area contributed by atoms with E-state index in [4.69, 9.17) is 19.9 Å². The molecule has 5 nitrogen and oxygen atoms in total. The number of furan rings is 1. The molecule has 6 heteroatoms. The molecular formula is C65H51IrN4O. The summed E-state index contributed by atoms with van der Waals surface area (Å²) in [7, 11) is 0. The monoisotopic (exact) mass is 1100 g/mol. The van der Waals surface area contributed by atoms with Crippen molar-refractivity contribution in [3.05, 3.63) is 233 Å². The summed E-state index contributed by atoms with van der Waals surface area (Å²) >= 11 is 0. The molecule has 11 aromatic rings. The first-order chi connectivity index (χ1) is 37.1. The third kappa shape index (κ3) is 9.32. The van der Waals surface area contributed by atoms with Gasteiger partial charge in [-0.2, -0.15) is 5.26 Å². The number of pyridine rings is 3. The van der Waals surface area contributed by atoms with Crippen molar-refractivity contribution in [2.45, 2.75) is 71.0 Å². The summed E-state index contributed by atoms with van der Waals surface area (Å²) in [6, 6.07) is 57.4. The summed E-state index contributed by atoms with van der Waals surface area (Å²) in [6.07, 6.45) is 0.884. The molecule has 0 saturated heterocycles. The van der Waals surface area contributed by atoms with Crippen molar-refractivity contribution in [2.75, 3.05) is 0 Å². The van der Waals surface area contributed by atoms with Crippen molar-refractivity contribution in [1.82, 2.24) is 15.0 Å². The standard InChI is InChI=1S/C65H51N4O.Ir/c1-42-49(38-66)26-29-57-56-21-12-22-58(63(56)70-62(42)57)61-30-25-43(39-67-61)23-24-44-33-45(36-64(2,3)50-27-31-59(68-40-50)54-19-10-15-47-13-6-8-17-52(47)54)35-46(34-44)37-65(4,5)51-28-32-60(69-41-51)55-20-11-16-48-14-7-9-18-53(48)55;/h6-18,21,25-35,39-41H,23-24,36-37H2,1-5H3;/q-3;+3/i1D3,23D2,24D2,26D;. The van der Waals surface area contributed by atoms with Crippen LogP contribution in [0.4, 0.5) is 0 Å². The van der Waals surface area contributed by atoms with Gasteiger partial charge in [0.15, 0.2) is 0 Å². The number of nitriles is 1. The molecule has 0 aliphatic rings. The van der Waals surface area contributed by atoms with Crippen LogP contribution in [0.2, 0.25) is 0 Å². The Labute approximate surface area is 440 Å². The number of aromatic nitrogens is 3. The number of hydrogen-bond donors (Lipinski definition) is 0.